The summed E-state index contributed by atoms with van der Waals surface area (Å²) in [5.74, 6) is 0. The topological polar surface area (TPSA) is 130 Å². The highest BCUT2D eigenvalue weighted by atomic mass is 32.2. The first kappa shape index (κ1) is 11.8. The molecule has 0 amide bonds. The molecule has 1 rings (SSSR count). The average Bonchev–Trinajstić information content (AvgIpc) is 1.74. The third kappa shape index (κ3) is 3.86. The quantitative estimate of drug-likeness (QED) is 0.421. The predicted molar refractivity (Wildman–Crippen MR) is 49.3 cm³/mol. The molecule has 8 nitrogen and oxygen atoms in total. The highest BCUT2D eigenvalue weighted by Gasteiger charge is 2.29. The van der Waals surface area contributed by atoms with E-state index in [1.165, 1.54) is 0 Å². The van der Waals surface area contributed by atoms with Crippen molar-refractivity contribution in [3.63, 3.8) is 0 Å². The highest BCUT2D eigenvalue weighted by molar-refractivity contribution is 7.88. The van der Waals surface area contributed by atoms with Crippen molar-refractivity contribution in [2.45, 2.75) is 25.6 Å². The van der Waals surface area contributed by atoms with Crippen molar-refractivity contribution in [1.82, 2.24) is 14.2 Å². The van der Waals surface area contributed by atoms with Crippen LogP contribution in [0.3, 0.4) is 0 Å². The van der Waals surface area contributed by atoms with Gasteiger partial charge in [0.05, 0.1) is 6.17 Å². The minimum absolute atomic E-state index is 0.287. The normalized spacial score (nSPS) is 32.7. The Hall–Kier alpha value is -0.260. The van der Waals surface area contributed by atoms with Crippen LogP contribution in [0.15, 0.2) is 0 Å². The summed E-state index contributed by atoms with van der Waals surface area (Å²) in [7, 11) is -7.54. The summed E-state index contributed by atoms with van der Waals surface area (Å²) in [6, 6.07) is -0.347. The zero-order valence-electron chi connectivity index (χ0n) is 7.39. The van der Waals surface area contributed by atoms with Crippen LogP contribution in [-0.4, -0.2) is 29.0 Å². The van der Waals surface area contributed by atoms with Crippen LogP contribution in [0, 0.1) is 0 Å². The molecule has 2 unspecified atom stereocenters. The number of rotatable bonds is 2. The van der Waals surface area contributed by atoms with Crippen molar-refractivity contribution in [3.05, 3.63) is 0 Å². The van der Waals surface area contributed by atoms with E-state index >= 15 is 0 Å². The fourth-order valence-electron chi connectivity index (χ4n) is 1.21. The molecule has 0 aliphatic carbocycles. The molecular formula is C4H12N4O4S2. The van der Waals surface area contributed by atoms with Gasteiger partial charge in [-0.15, -0.1) is 0 Å². The van der Waals surface area contributed by atoms with Crippen LogP contribution in [0.25, 0.3) is 0 Å². The lowest BCUT2D eigenvalue weighted by molar-refractivity contribution is 0.415. The standard InChI is InChI=1S/C4H12N4O4S2/c1-3-2-4(7-13(5,9)10)8-14(11,12)6-3/h3-4,6-8H,2H2,1H3,(H2,5,9,10). The molecule has 0 aromatic carbocycles. The SMILES string of the molecule is CC1CC(NS(N)(=O)=O)NS(=O)(=O)N1. The van der Waals surface area contributed by atoms with Crippen molar-refractivity contribution < 1.29 is 16.8 Å². The van der Waals surface area contributed by atoms with Crippen molar-refractivity contribution in [2.24, 2.45) is 5.14 Å². The van der Waals surface area contributed by atoms with E-state index in [2.05, 4.69) is 9.44 Å². The molecule has 0 bridgehead atoms. The minimum atomic E-state index is -3.90. The van der Waals surface area contributed by atoms with Crippen molar-refractivity contribution in [2.75, 3.05) is 0 Å². The van der Waals surface area contributed by atoms with Gasteiger partial charge in [0, 0.05) is 6.04 Å². The smallest absolute Gasteiger partial charge is 0.216 e. The Kier molecular flexibility index (Phi) is 3.13. The molecule has 84 valence electrons. The molecule has 1 heterocycles. The largest absolute Gasteiger partial charge is 0.278 e. The molecule has 1 saturated heterocycles. The molecule has 1 aliphatic rings. The summed E-state index contributed by atoms with van der Waals surface area (Å²) >= 11 is 0. The van der Waals surface area contributed by atoms with E-state index in [4.69, 9.17) is 5.14 Å². The molecule has 1 aliphatic heterocycles. The third-order valence-electron chi connectivity index (χ3n) is 1.55. The van der Waals surface area contributed by atoms with Gasteiger partial charge in [-0.05, 0) is 13.3 Å². The van der Waals surface area contributed by atoms with E-state index in [0.717, 1.165) is 0 Å². The van der Waals surface area contributed by atoms with Crippen LogP contribution in [0.1, 0.15) is 13.3 Å². The van der Waals surface area contributed by atoms with Crippen LogP contribution < -0.4 is 19.3 Å². The molecule has 1 fully saturated rings. The van der Waals surface area contributed by atoms with Crippen LogP contribution in [-0.2, 0) is 20.4 Å². The van der Waals surface area contributed by atoms with Gasteiger partial charge in [-0.3, -0.25) is 0 Å². The lowest BCUT2D eigenvalue weighted by Crippen LogP contribution is -2.60. The summed E-state index contributed by atoms with van der Waals surface area (Å²) in [5.41, 5.74) is 0. The molecule has 0 radical (unpaired) electrons. The van der Waals surface area contributed by atoms with Crippen LogP contribution in [0.5, 0.6) is 0 Å². The Bertz CT molecular complexity index is 399. The van der Waals surface area contributed by atoms with E-state index in [9.17, 15) is 16.8 Å². The molecule has 0 aromatic rings. The van der Waals surface area contributed by atoms with Gasteiger partial charge in [-0.2, -0.15) is 31.0 Å². The van der Waals surface area contributed by atoms with E-state index in [0.29, 0.717) is 0 Å². The Labute approximate surface area is 82.6 Å². The zero-order valence-corrected chi connectivity index (χ0v) is 9.02. The Morgan fingerprint density at radius 3 is 2.43 bits per heavy atom. The predicted octanol–water partition coefficient (Wildman–Crippen LogP) is -2.68. The molecule has 5 N–H and O–H groups in total. The first-order valence-corrected chi connectivity index (χ1v) is 6.80. The molecule has 0 aromatic heterocycles. The number of hydrogen-bond acceptors (Lipinski definition) is 4. The van der Waals surface area contributed by atoms with Gasteiger partial charge in [-0.25, -0.2) is 5.14 Å². The van der Waals surface area contributed by atoms with Gasteiger partial charge in [0.15, 0.2) is 0 Å². The molecule has 0 spiro atoms. The van der Waals surface area contributed by atoms with Gasteiger partial charge in [-0.1, -0.05) is 0 Å². The van der Waals surface area contributed by atoms with Gasteiger partial charge in [0.25, 0.3) is 20.4 Å². The molecule has 0 saturated carbocycles. The number of nitrogens with two attached hydrogens (primary N) is 1. The highest BCUT2D eigenvalue weighted by Crippen LogP contribution is 2.04. The van der Waals surface area contributed by atoms with Gasteiger partial charge >= 0.3 is 0 Å². The maximum Gasteiger partial charge on any atom is 0.278 e. The van der Waals surface area contributed by atoms with Gasteiger partial charge in [0.2, 0.25) is 0 Å². The Morgan fingerprint density at radius 2 is 2.00 bits per heavy atom. The summed E-state index contributed by atoms with van der Waals surface area (Å²) < 4.78 is 49.7. The van der Waals surface area contributed by atoms with Crippen molar-refractivity contribution in [1.29, 1.82) is 0 Å². The lowest BCUT2D eigenvalue weighted by atomic mass is 10.2. The lowest BCUT2D eigenvalue weighted by Gasteiger charge is -2.28. The minimum Gasteiger partial charge on any atom is -0.216 e. The molecule has 10 heteroatoms. The fraction of sp³-hybridized carbons (Fsp3) is 1.00. The van der Waals surface area contributed by atoms with Crippen molar-refractivity contribution >= 4 is 20.4 Å². The van der Waals surface area contributed by atoms with E-state index in [-0.39, 0.29) is 12.5 Å². The van der Waals surface area contributed by atoms with Gasteiger partial charge in [0.1, 0.15) is 0 Å². The summed E-state index contributed by atoms with van der Waals surface area (Å²) in [4.78, 5) is 0. The summed E-state index contributed by atoms with van der Waals surface area (Å²) in [6.45, 7) is 1.62. The van der Waals surface area contributed by atoms with Crippen molar-refractivity contribution in [3.8, 4) is 0 Å². The molecule has 2 atom stereocenters. The van der Waals surface area contributed by atoms with Gasteiger partial charge < -0.3 is 0 Å². The van der Waals surface area contributed by atoms with E-state index in [1.807, 2.05) is 4.72 Å². The summed E-state index contributed by atoms with van der Waals surface area (Å²) in [6.07, 6.45) is -0.610. The van der Waals surface area contributed by atoms with E-state index in [1.54, 1.807) is 6.92 Å². The van der Waals surface area contributed by atoms with E-state index < -0.39 is 26.6 Å². The third-order valence-corrected chi connectivity index (χ3v) is 3.47. The fourth-order valence-corrected chi connectivity index (χ4v) is 3.06. The maximum absolute atomic E-state index is 11.1. The second kappa shape index (κ2) is 3.72. The Morgan fingerprint density at radius 1 is 1.43 bits per heavy atom. The van der Waals surface area contributed by atoms with Crippen LogP contribution in [0.4, 0.5) is 0 Å². The Balaban J connectivity index is 2.73. The second-order valence-electron chi connectivity index (χ2n) is 3.09. The first-order valence-electron chi connectivity index (χ1n) is 3.77. The zero-order chi connectivity index (χ0) is 11.0. The monoisotopic (exact) mass is 244 g/mol. The average molecular weight is 244 g/mol. The first-order chi connectivity index (χ1) is 6.18. The second-order valence-corrected chi connectivity index (χ2v) is 5.90. The van der Waals surface area contributed by atoms with Crippen LogP contribution >= 0.6 is 0 Å². The molecule has 14 heavy (non-hydrogen) atoms. The maximum atomic E-state index is 11.1. The molecular weight excluding hydrogens is 232 g/mol. The summed E-state index contributed by atoms with van der Waals surface area (Å²) in [5, 5.41) is 4.71. The van der Waals surface area contributed by atoms with Crippen LogP contribution in [0.2, 0.25) is 0 Å². The number of nitrogens with one attached hydrogen (secondary N) is 3. The number of hydrogen-bond donors (Lipinski definition) is 4.